The van der Waals surface area contributed by atoms with Crippen molar-refractivity contribution in [3.8, 4) is 11.5 Å². The molecule has 136 valence electrons. The second kappa shape index (κ2) is 7.67. The molecule has 26 heavy (non-hydrogen) atoms. The van der Waals surface area contributed by atoms with E-state index in [0.717, 1.165) is 28.3 Å². The van der Waals surface area contributed by atoms with E-state index < -0.39 is 0 Å². The topological polar surface area (TPSA) is 30.9 Å². The number of hydrogen-bond donors (Lipinski definition) is 0. The highest BCUT2D eigenvalue weighted by molar-refractivity contribution is 5.80. The van der Waals surface area contributed by atoms with E-state index in [0.29, 0.717) is 0 Å². The van der Waals surface area contributed by atoms with Gasteiger partial charge in [0.25, 0.3) is 0 Å². The van der Waals surface area contributed by atoms with Crippen LogP contribution in [0.1, 0.15) is 19.4 Å². The number of nitrogens with zero attached hydrogens (tertiary/aromatic N) is 1. The van der Waals surface area contributed by atoms with Gasteiger partial charge in [0.15, 0.2) is 6.23 Å². The Kier molecular flexibility index (Phi) is 5.33. The number of ether oxygens (including phenoxy) is 3. The summed E-state index contributed by atoms with van der Waals surface area (Å²) in [6.07, 6.45) is 1.93. The van der Waals surface area contributed by atoms with Crippen molar-refractivity contribution in [1.29, 1.82) is 0 Å². The Morgan fingerprint density at radius 2 is 1.31 bits per heavy atom. The molecule has 2 aromatic rings. The van der Waals surface area contributed by atoms with Crippen LogP contribution in [0.25, 0.3) is 5.57 Å². The minimum atomic E-state index is -0.208. The van der Waals surface area contributed by atoms with Gasteiger partial charge in [-0.2, -0.15) is 0 Å². The molecule has 2 aromatic carbocycles. The van der Waals surface area contributed by atoms with Crippen LogP contribution in [0.5, 0.6) is 11.5 Å². The Hall–Kier alpha value is -2.72. The third-order valence-corrected chi connectivity index (χ3v) is 4.82. The highest BCUT2D eigenvalue weighted by Crippen LogP contribution is 2.37. The standard InChI is InChI=1S/C22H25NO3/c1-15-14-23(18-8-12-20(25-4)13-9-18)22(26-5)21(16(15)2)17-6-10-19(24-3)11-7-17/h6-14,22H,1-5H3. The zero-order valence-corrected chi connectivity index (χ0v) is 15.9. The quantitative estimate of drug-likeness (QED) is 0.769. The molecule has 0 aliphatic carbocycles. The van der Waals surface area contributed by atoms with Gasteiger partial charge in [0.05, 0.1) is 14.2 Å². The molecule has 0 radical (unpaired) electrons. The van der Waals surface area contributed by atoms with Crippen molar-refractivity contribution in [1.82, 2.24) is 0 Å². The van der Waals surface area contributed by atoms with E-state index in [1.165, 1.54) is 11.1 Å². The monoisotopic (exact) mass is 351 g/mol. The average Bonchev–Trinajstić information content (AvgIpc) is 2.69. The molecule has 1 aliphatic rings. The van der Waals surface area contributed by atoms with Crippen molar-refractivity contribution in [2.24, 2.45) is 0 Å². The molecule has 3 rings (SSSR count). The van der Waals surface area contributed by atoms with Crippen LogP contribution in [-0.2, 0) is 4.74 Å². The van der Waals surface area contributed by atoms with Gasteiger partial charge in [0, 0.05) is 24.6 Å². The van der Waals surface area contributed by atoms with Crippen LogP contribution in [0.4, 0.5) is 5.69 Å². The van der Waals surface area contributed by atoms with E-state index in [9.17, 15) is 0 Å². The van der Waals surface area contributed by atoms with Gasteiger partial charge in [0.2, 0.25) is 0 Å². The molecule has 1 unspecified atom stereocenters. The fourth-order valence-corrected chi connectivity index (χ4v) is 3.24. The fraction of sp³-hybridized carbons (Fsp3) is 0.273. The van der Waals surface area contributed by atoms with Crippen molar-refractivity contribution < 1.29 is 14.2 Å². The molecule has 0 bridgehead atoms. The van der Waals surface area contributed by atoms with Gasteiger partial charge >= 0.3 is 0 Å². The van der Waals surface area contributed by atoms with Crippen molar-refractivity contribution in [3.05, 3.63) is 71.4 Å². The average molecular weight is 351 g/mol. The molecule has 0 spiro atoms. The van der Waals surface area contributed by atoms with Gasteiger partial charge in [0.1, 0.15) is 11.5 Å². The third kappa shape index (κ3) is 3.33. The molecule has 0 fully saturated rings. The lowest BCUT2D eigenvalue weighted by Gasteiger charge is -2.37. The molecule has 0 amide bonds. The first-order chi connectivity index (χ1) is 12.6. The minimum Gasteiger partial charge on any atom is -0.497 e. The molecule has 0 saturated carbocycles. The summed E-state index contributed by atoms with van der Waals surface area (Å²) < 4.78 is 16.5. The number of allylic oxidation sites excluding steroid dienone is 2. The Balaban J connectivity index is 2.04. The number of anilines is 1. The molecular formula is C22H25NO3. The molecule has 1 heterocycles. The highest BCUT2D eigenvalue weighted by Gasteiger charge is 2.28. The molecule has 1 atom stereocenters. The Morgan fingerprint density at radius 1 is 0.769 bits per heavy atom. The van der Waals surface area contributed by atoms with Crippen molar-refractivity contribution in [2.45, 2.75) is 20.1 Å². The van der Waals surface area contributed by atoms with Gasteiger partial charge in [-0.15, -0.1) is 0 Å². The first-order valence-electron chi connectivity index (χ1n) is 8.58. The van der Waals surface area contributed by atoms with Crippen LogP contribution >= 0.6 is 0 Å². The first-order valence-corrected chi connectivity index (χ1v) is 8.58. The molecule has 1 aliphatic heterocycles. The van der Waals surface area contributed by atoms with E-state index in [1.807, 2.05) is 36.4 Å². The van der Waals surface area contributed by atoms with Crippen molar-refractivity contribution in [2.75, 3.05) is 26.2 Å². The predicted molar refractivity (Wildman–Crippen MR) is 106 cm³/mol. The summed E-state index contributed by atoms with van der Waals surface area (Å²) in [6.45, 7) is 4.27. The molecule has 4 heteroatoms. The van der Waals surface area contributed by atoms with Crippen LogP contribution in [0.15, 0.2) is 65.9 Å². The van der Waals surface area contributed by atoms with Gasteiger partial charge in [-0.25, -0.2) is 0 Å². The van der Waals surface area contributed by atoms with E-state index in [2.05, 4.69) is 37.1 Å². The Labute approximate surface area is 155 Å². The minimum absolute atomic E-state index is 0.208. The number of benzene rings is 2. The maximum atomic E-state index is 5.92. The van der Waals surface area contributed by atoms with Crippen LogP contribution in [-0.4, -0.2) is 27.6 Å². The summed E-state index contributed by atoms with van der Waals surface area (Å²) in [5.41, 5.74) is 5.77. The zero-order chi connectivity index (χ0) is 18.7. The number of hydrogen-bond acceptors (Lipinski definition) is 4. The largest absolute Gasteiger partial charge is 0.497 e. The molecular weight excluding hydrogens is 326 g/mol. The van der Waals surface area contributed by atoms with Crippen molar-refractivity contribution >= 4 is 11.3 Å². The summed E-state index contributed by atoms with van der Waals surface area (Å²) in [5.74, 6) is 1.68. The summed E-state index contributed by atoms with van der Waals surface area (Å²) in [5, 5.41) is 0. The second-order valence-corrected chi connectivity index (χ2v) is 6.27. The lowest BCUT2D eigenvalue weighted by Crippen LogP contribution is -2.36. The van der Waals surface area contributed by atoms with Gasteiger partial charge in [-0.05, 0) is 67.0 Å². The second-order valence-electron chi connectivity index (χ2n) is 6.27. The molecule has 0 saturated heterocycles. The van der Waals surface area contributed by atoms with Crippen LogP contribution < -0.4 is 14.4 Å². The molecule has 0 aromatic heterocycles. The van der Waals surface area contributed by atoms with E-state index in [4.69, 9.17) is 14.2 Å². The SMILES string of the molecule is COc1ccc(C2=C(C)C(C)=CN(c3ccc(OC)cc3)C2OC)cc1. The summed E-state index contributed by atoms with van der Waals surface area (Å²) >= 11 is 0. The van der Waals surface area contributed by atoms with Gasteiger partial charge < -0.3 is 19.1 Å². The van der Waals surface area contributed by atoms with Gasteiger partial charge in [-0.3, -0.25) is 0 Å². The van der Waals surface area contributed by atoms with E-state index >= 15 is 0 Å². The summed E-state index contributed by atoms with van der Waals surface area (Å²) in [6, 6.07) is 16.1. The van der Waals surface area contributed by atoms with Crippen LogP contribution in [0.2, 0.25) is 0 Å². The maximum absolute atomic E-state index is 5.92. The number of methoxy groups -OCH3 is 3. The zero-order valence-electron chi connectivity index (χ0n) is 15.9. The van der Waals surface area contributed by atoms with Crippen LogP contribution in [0, 0.1) is 0 Å². The van der Waals surface area contributed by atoms with Crippen molar-refractivity contribution in [3.63, 3.8) is 0 Å². The number of rotatable bonds is 5. The van der Waals surface area contributed by atoms with Gasteiger partial charge in [-0.1, -0.05) is 12.1 Å². The normalized spacial score (nSPS) is 17.2. The third-order valence-electron chi connectivity index (χ3n) is 4.82. The molecule has 0 N–H and O–H groups in total. The van der Waals surface area contributed by atoms with E-state index in [1.54, 1.807) is 21.3 Å². The highest BCUT2D eigenvalue weighted by atomic mass is 16.5. The first kappa shape index (κ1) is 18.1. The van der Waals surface area contributed by atoms with Crippen LogP contribution in [0.3, 0.4) is 0 Å². The predicted octanol–water partition coefficient (Wildman–Crippen LogP) is 4.87. The Morgan fingerprint density at radius 3 is 1.81 bits per heavy atom. The lowest BCUT2D eigenvalue weighted by atomic mass is 9.91. The maximum Gasteiger partial charge on any atom is 0.160 e. The smallest absolute Gasteiger partial charge is 0.160 e. The lowest BCUT2D eigenvalue weighted by molar-refractivity contribution is 0.150. The van der Waals surface area contributed by atoms with E-state index in [-0.39, 0.29) is 6.23 Å². The molecule has 4 nitrogen and oxygen atoms in total. The fourth-order valence-electron chi connectivity index (χ4n) is 3.24. The summed E-state index contributed by atoms with van der Waals surface area (Å²) in [4.78, 5) is 2.15. The summed E-state index contributed by atoms with van der Waals surface area (Å²) in [7, 11) is 5.09. The Bertz CT molecular complexity index is 819.